The van der Waals surface area contributed by atoms with E-state index < -0.39 is 16.1 Å². The van der Waals surface area contributed by atoms with Crippen molar-refractivity contribution in [1.29, 1.82) is 0 Å². The third kappa shape index (κ3) is 3.13. The zero-order chi connectivity index (χ0) is 13.9. The Morgan fingerprint density at radius 1 is 1.58 bits per heavy atom. The van der Waals surface area contributed by atoms with Crippen LogP contribution >= 0.6 is 0 Å². The lowest BCUT2D eigenvalue weighted by Crippen LogP contribution is -2.51. The number of amides is 1. The molecule has 8 heteroatoms. The molecule has 1 amide bonds. The second kappa shape index (κ2) is 5.70. The Balaban J connectivity index is 2.19. The van der Waals surface area contributed by atoms with E-state index in [0.29, 0.717) is 18.7 Å². The first-order valence-electron chi connectivity index (χ1n) is 6.15. The number of piperidine rings is 1. The third-order valence-electron chi connectivity index (χ3n) is 3.18. The first kappa shape index (κ1) is 14.0. The summed E-state index contributed by atoms with van der Waals surface area (Å²) in [7, 11) is -2.05. The van der Waals surface area contributed by atoms with Crippen LogP contribution in [0.15, 0.2) is 16.9 Å². The maximum Gasteiger partial charge on any atom is 0.238 e. The molecule has 1 fully saturated rings. The number of hydrogen-bond donors (Lipinski definition) is 1. The van der Waals surface area contributed by atoms with Gasteiger partial charge >= 0.3 is 0 Å². The number of nitrogens with zero attached hydrogens (tertiary/aromatic N) is 2. The normalized spacial score (nSPS) is 21.2. The van der Waals surface area contributed by atoms with Gasteiger partial charge in [-0.1, -0.05) is 11.6 Å². The smallest absolute Gasteiger partial charge is 0.238 e. The Bertz CT molecular complexity index is 526. The minimum absolute atomic E-state index is 0.239. The van der Waals surface area contributed by atoms with Crippen LogP contribution in [-0.2, 0) is 20.6 Å². The lowest BCUT2D eigenvalue weighted by molar-refractivity contribution is -0.125. The SMILES string of the molecule is CNC(=O)C1CCCCN1S(=O)(=O)Cc1ccon1. The molecule has 19 heavy (non-hydrogen) atoms. The van der Waals surface area contributed by atoms with E-state index in [1.165, 1.54) is 23.7 Å². The fraction of sp³-hybridized carbons (Fsp3) is 0.636. The maximum atomic E-state index is 12.3. The number of aromatic nitrogens is 1. The molecule has 106 valence electrons. The predicted octanol–water partition coefficient (Wildman–Crippen LogP) is 0.105. The number of sulfonamides is 1. The molecule has 1 aromatic heterocycles. The molecule has 1 N–H and O–H groups in total. The molecule has 0 saturated carbocycles. The van der Waals surface area contributed by atoms with E-state index in [2.05, 4.69) is 15.0 Å². The van der Waals surface area contributed by atoms with Crippen LogP contribution in [0.4, 0.5) is 0 Å². The number of nitrogens with one attached hydrogen (secondary N) is 1. The minimum Gasteiger partial charge on any atom is -0.364 e. The lowest BCUT2D eigenvalue weighted by Gasteiger charge is -2.33. The summed E-state index contributed by atoms with van der Waals surface area (Å²) in [6.45, 7) is 0.373. The molecule has 1 aromatic rings. The molecule has 2 rings (SSSR count). The van der Waals surface area contributed by atoms with Gasteiger partial charge in [0.25, 0.3) is 0 Å². The molecule has 2 heterocycles. The van der Waals surface area contributed by atoms with Gasteiger partial charge in [0.1, 0.15) is 18.1 Å². The van der Waals surface area contributed by atoms with Crippen LogP contribution in [0.25, 0.3) is 0 Å². The van der Waals surface area contributed by atoms with E-state index >= 15 is 0 Å². The van der Waals surface area contributed by atoms with Crippen molar-refractivity contribution in [3.05, 3.63) is 18.0 Å². The molecule has 1 atom stereocenters. The molecular weight excluding hydrogens is 270 g/mol. The van der Waals surface area contributed by atoms with Crippen LogP contribution in [-0.4, -0.2) is 43.4 Å². The van der Waals surface area contributed by atoms with Gasteiger partial charge in [0, 0.05) is 19.7 Å². The van der Waals surface area contributed by atoms with Crippen molar-refractivity contribution in [2.45, 2.75) is 31.1 Å². The Morgan fingerprint density at radius 3 is 3.00 bits per heavy atom. The Kier molecular flexibility index (Phi) is 4.20. The Labute approximate surface area is 112 Å². The van der Waals surface area contributed by atoms with Crippen molar-refractivity contribution in [1.82, 2.24) is 14.8 Å². The number of carbonyl (C=O) groups excluding carboxylic acids is 1. The summed E-state index contributed by atoms with van der Waals surface area (Å²) in [5.74, 6) is -0.500. The van der Waals surface area contributed by atoms with Crippen LogP contribution < -0.4 is 5.32 Å². The summed E-state index contributed by atoms with van der Waals surface area (Å²) < 4.78 is 30.6. The van der Waals surface area contributed by atoms with Gasteiger partial charge in [0.15, 0.2) is 0 Å². The van der Waals surface area contributed by atoms with Crippen LogP contribution in [0.3, 0.4) is 0 Å². The van der Waals surface area contributed by atoms with Crippen molar-refractivity contribution in [2.75, 3.05) is 13.6 Å². The van der Waals surface area contributed by atoms with Crippen molar-refractivity contribution >= 4 is 15.9 Å². The molecule has 1 saturated heterocycles. The van der Waals surface area contributed by atoms with E-state index in [9.17, 15) is 13.2 Å². The molecule has 0 aliphatic carbocycles. The number of hydrogen-bond acceptors (Lipinski definition) is 5. The fourth-order valence-corrected chi connectivity index (χ4v) is 3.93. The quantitative estimate of drug-likeness (QED) is 0.848. The van der Waals surface area contributed by atoms with Gasteiger partial charge in [0.05, 0.1) is 5.69 Å². The highest BCUT2D eigenvalue weighted by molar-refractivity contribution is 7.88. The van der Waals surface area contributed by atoms with E-state index in [1.807, 2.05) is 0 Å². The monoisotopic (exact) mass is 287 g/mol. The van der Waals surface area contributed by atoms with E-state index in [0.717, 1.165) is 12.8 Å². The lowest BCUT2D eigenvalue weighted by atomic mass is 10.0. The van der Waals surface area contributed by atoms with Crippen LogP contribution in [0.2, 0.25) is 0 Å². The van der Waals surface area contributed by atoms with Gasteiger partial charge in [-0.05, 0) is 12.8 Å². The van der Waals surface area contributed by atoms with Crippen LogP contribution in [0.5, 0.6) is 0 Å². The van der Waals surface area contributed by atoms with E-state index in [4.69, 9.17) is 0 Å². The van der Waals surface area contributed by atoms with Crippen molar-refractivity contribution in [3.63, 3.8) is 0 Å². The second-order valence-electron chi connectivity index (χ2n) is 4.48. The van der Waals surface area contributed by atoms with Crippen LogP contribution in [0, 0.1) is 0 Å². The molecule has 0 spiro atoms. The topological polar surface area (TPSA) is 92.5 Å². The van der Waals surface area contributed by atoms with Crippen molar-refractivity contribution in [3.8, 4) is 0 Å². The molecule has 1 unspecified atom stereocenters. The molecule has 0 bridgehead atoms. The van der Waals surface area contributed by atoms with Gasteiger partial charge in [-0.25, -0.2) is 8.42 Å². The van der Waals surface area contributed by atoms with Crippen LogP contribution in [0.1, 0.15) is 25.0 Å². The summed E-state index contributed by atoms with van der Waals surface area (Å²) in [6, 6.07) is 0.895. The van der Waals surface area contributed by atoms with Gasteiger partial charge < -0.3 is 9.84 Å². The van der Waals surface area contributed by atoms with Gasteiger partial charge in [0.2, 0.25) is 15.9 Å². The van der Waals surface area contributed by atoms with Gasteiger partial charge in [-0.2, -0.15) is 4.31 Å². The molecule has 0 radical (unpaired) electrons. The first-order chi connectivity index (χ1) is 9.04. The van der Waals surface area contributed by atoms with Gasteiger partial charge in [-0.15, -0.1) is 0 Å². The van der Waals surface area contributed by atoms with Gasteiger partial charge in [-0.3, -0.25) is 4.79 Å². The number of likely N-dealkylation sites (N-methyl/N-ethyl adjacent to an activating group) is 1. The summed E-state index contributed by atoms with van der Waals surface area (Å²) in [5.41, 5.74) is 0.348. The number of carbonyl (C=O) groups is 1. The van der Waals surface area contributed by atoms with Crippen molar-refractivity contribution < 1.29 is 17.7 Å². The first-order valence-corrected chi connectivity index (χ1v) is 7.76. The zero-order valence-electron chi connectivity index (χ0n) is 10.7. The highest BCUT2D eigenvalue weighted by Gasteiger charge is 2.36. The largest absolute Gasteiger partial charge is 0.364 e. The van der Waals surface area contributed by atoms with E-state index in [1.54, 1.807) is 0 Å². The summed E-state index contributed by atoms with van der Waals surface area (Å²) >= 11 is 0. The van der Waals surface area contributed by atoms with Crippen molar-refractivity contribution in [2.24, 2.45) is 0 Å². The summed E-state index contributed by atoms with van der Waals surface area (Å²) in [5, 5.41) is 6.12. The minimum atomic E-state index is -3.56. The Hall–Kier alpha value is -1.41. The Morgan fingerprint density at radius 2 is 2.37 bits per heavy atom. The van der Waals surface area contributed by atoms with E-state index in [-0.39, 0.29) is 11.7 Å². The average Bonchev–Trinajstić information content (AvgIpc) is 2.90. The maximum absolute atomic E-state index is 12.3. The summed E-state index contributed by atoms with van der Waals surface area (Å²) in [6.07, 6.45) is 3.51. The molecular formula is C11H17N3O4S. The zero-order valence-corrected chi connectivity index (χ0v) is 11.5. The predicted molar refractivity (Wildman–Crippen MR) is 67.5 cm³/mol. The average molecular weight is 287 g/mol. The standard InChI is InChI=1S/C11H17N3O4S/c1-12-11(15)10-4-2-3-6-14(10)19(16,17)8-9-5-7-18-13-9/h5,7,10H,2-4,6,8H2,1H3,(H,12,15). The molecule has 0 aromatic carbocycles. The third-order valence-corrected chi connectivity index (χ3v) is 4.99. The number of rotatable bonds is 4. The highest BCUT2D eigenvalue weighted by atomic mass is 32.2. The molecule has 7 nitrogen and oxygen atoms in total. The molecule has 1 aliphatic heterocycles. The fourth-order valence-electron chi connectivity index (χ4n) is 2.25. The highest BCUT2D eigenvalue weighted by Crippen LogP contribution is 2.22. The second-order valence-corrected chi connectivity index (χ2v) is 6.41. The molecule has 1 aliphatic rings. The summed E-state index contributed by atoms with van der Waals surface area (Å²) in [4.78, 5) is 11.8.